The van der Waals surface area contributed by atoms with Crippen molar-refractivity contribution in [1.29, 1.82) is 0 Å². The van der Waals surface area contributed by atoms with Crippen molar-refractivity contribution in [2.75, 3.05) is 58.1 Å². The molecule has 5 nitrogen and oxygen atoms in total. The molecule has 0 amide bonds. The van der Waals surface area contributed by atoms with Gasteiger partial charge in [0, 0.05) is 38.5 Å². The Labute approximate surface area is 122 Å². The van der Waals surface area contributed by atoms with E-state index in [2.05, 4.69) is 24.2 Å². The number of rotatable bonds is 10. The van der Waals surface area contributed by atoms with E-state index in [1.807, 2.05) is 18.2 Å². The molecule has 0 atom stereocenters. The third-order valence-electron chi connectivity index (χ3n) is 2.98. The van der Waals surface area contributed by atoms with Gasteiger partial charge in [-0.3, -0.25) is 0 Å². The Kier molecular flexibility index (Phi) is 7.84. The predicted octanol–water partition coefficient (Wildman–Crippen LogP) is 2.05. The lowest BCUT2D eigenvalue weighted by atomic mass is 10.2. The Hall–Kier alpha value is -1.46. The van der Waals surface area contributed by atoms with Crippen LogP contribution in [0.15, 0.2) is 18.2 Å². The molecule has 0 fully saturated rings. The molecule has 1 rings (SSSR count). The summed E-state index contributed by atoms with van der Waals surface area (Å²) in [6.07, 6.45) is 0.974. The molecule has 0 aliphatic heterocycles. The zero-order chi connectivity index (χ0) is 14.8. The minimum Gasteiger partial charge on any atom is -0.491 e. The summed E-state index contributed by atoms with van der Waals surface area (Å²) in [4.78, 5) is 2.22. The van der Waals surface area contributed by atoms with Crippen molar-refractivity contribution >= 4 is 11.4 Å². The second-order valence-corrected chi connectivity index (χ2v) is 4.82. The van der Waals surface area contributed by atoms with Gasteiger partial charge in [0.05, 0.1) is 18.9 Å². The van der Waals surface area contributed by atoms with E-state index in [4.69, 9.17) is 15.2 Å². The van der Waals surface area contributed by atoms with E-state index < -0.39 is 0 Å². The molecular weight excluding hydrogens is 254 g/mol. The Balaban J connectivity index is 2.39. The Morgan fingerprint density at radius 1 is 1.25 bits per heavy atom. The first kappa shape index (κ1) is 16.6. The van der Waals surface area contributed by atoms with Gasteiger partial charge in [-0.05, 0) is 25.6 Å². The summed E-state index contributed by atoms with van der Waals surface area (Å²) in [6, 6.07) is 5.81. The molecule has 3 N–H and O–H groups in total. The van der Waals surface area contributed by atoms with E-state index in [9.17, 15) is 0 Å². The number of benzene rings is 1. The number of hydrogen-bond acceptors (Lipinski definition) is 5. The maximum absolute atomic E-state index is 5.89. The lowest BCUT2D eigenvalue weighted by Crippen LogP contribution is -2.28. The molecule has 0 saturated heterocycles. The summed E-state index contributed by atoms with van der Waals surface area (Å²) in [5.74, 6) is 0.754. The van der Waals surface area contributed by atoms with Gasteiger partial charge in [-0.15, -0.1) is 0 Å². The Bertz CT molecular complexity index is 385. The molecule has 0 aromatic heterocycles. The molecule has 20 heavy (non-hydrogen) atoms. The van der Waals surface area contributed by atoms with Crippen molar-refractivity contribution in [2.24, 2.45) is 0 Å². The number of anilines is 2. The van der Waals surface area contributed by atoms with E-state index in [1.165, 1.54) is 0 Å². The minimum absolute atomic E-state index is 0.682. The smallest absolute Gasteiger partial charge is 0.144 e. The van der Waals surface area contributed by atoms with Crippen LogP contribution in [0.3, 0.4) is 0 Å². The van der Waals surface area contributed by atoms with Gasteiger partial charge in [-0.1, -0.05) is 6.92 Å². The van der Waals surface area contributed by atoms with E-state index in [0.29, 0.717) is 12.3 Å². The molecule has 114 valence electrons. The van der Waals surface area contributed by atoms with Crippen molar-refractivity contribution in [1.82, 2.24) is 4.90 Å². The highest BCUT2D eigenvalue weighted by molar-refractivity contribution is 5.61. The van der Waals surface area contributed by atoms with Crippen LogP contribution in [0.25, 0.3) is 0 Å². The number of likely N-dealkylation sites (N-methyl/N-ethyl adjacent to an activating group) is 1. The highest BCUT2D eigenvalue weighted by Gasteiger charge is 2.03. The average molecular weight is 281 g/mol. The van der Waals surface area contributed by atoms with Gasteiger partial charge in [0.15, 0.2) is 0 Å². The van der Waals surface area contributed by atoms with Crippen LogP contribution in [0.1, 0.15) is 13.3 Å². The van der Waals surface area contributed by atoms with E-state index in [-0.39, 0.29) is 0 Å². The van der Waals surface area contributed by atoms with Crippen LogP contribution in [0.4, 0.5) is 11.4 Å². The number of nitrogens with one attached hydrogen (secondary N) is 1. The number of ether oxygens (including phenoxy) is 2. The minimum atomic E-state index is 0.682. The van der Waals surface area contributed by atoms with Crippen LogP contribution < -0.4 is 15.8 Å². The number of nitrogens with two attached hydrogens (primary N) is 1. The molecule has 5 heteroatoms. The zero-order valence-electron chi connectivity index (χ0n) is 12.8. The van der Waals surface area contributed by atoms with Crippen LogP contribution in [0.5, 0.6) is 5.75 Å². The SMILES string of the molecule is CCCOc1cc(NCCN(C)CCOC)ccc1N. The molecule has 0 unspecified atom stereocenters. The van der Waals surface area contributed by atoms with Crippen molar-refractivity contribution in [3.05, 3.63) is 18.2 Å². The van der Waals surface area contributed by atoms with Crippen LogP contribution in [-0.4, -0.2) is 51.9 Å². The van der Waals surface area contributed by atoms with Crippen LogP contribution >= 0.6 is 0 Å². The molecule has 0 aliphatic carbocycles. The zero-order valence-corrected chi connectivity index (χ0v) is 12.8. The Morgan fingerprint density at radius 3 is 2.75 bits per heavy atom. The topological polar surface area (TPSA) is 59.8 Å². The first-order valence-electron chi connectivity index (χ1n) is 7.11. The van der Waals surface area contributed by atoms with E-state index >= 15 is 0 Å². The maximum atomic E-state index is 5.89. The normalized spacial score (nSPS) is 10.8. The lowest BCUT2D eigenvalue weighted by molar-refractivity contribution is 0.163. The lowest BCUT2D eigenvalue weighted by Gasteiger charge is -2.17. The fourth-order valence-electron chi connectivity index (χ4n) is 1.73. The summed E-state index contributed by atoms with van der Waals surface area (Å²) in [5, 5.41) is 3.38. The second-order valence-electron chi connectivity index (χ2n) is 4.82. The third-order valence-corrected chi connectivity index (χ3v) is 2.98. The van der Waals surface area contributed by atoms with Gasteiger partial charge >= 0.3 is 0 Å². The second kappa shape index (κ2) is 9.44. The van der Waals surface area contributed by atoms with Gasteiger partial charge in [0.2, 0.25) is 0 Å². The summed E-state index contributed by atoms with van der Waals surface area (Å²) in [5.41, 5.74) is 7.60. The first-order chi connectivity index (χ1) is 9.67. The van der Waals surface area contributed by atoms with Gasteiger partial charge in [0.1, 0.15) is 5.75 Å². The van der Waals surface area contributed by atoms with Crippen LogP contribution in [0.2, 0.25) is 0 Å². The van der Waals surface area contributed by atoms with Gasteiger partial charge in [-0.25, -0.2) is 0 Å². The highest BCUT2D eigenvalue weighted by atomic mass is 16.5. The number of nitrogens with zero attached hydrogens (tertiary/aromatic N) is 1. The fraction of sp³-hybridized carbons (Fsp3) is 0.600. The molecule has 1 aromatic carbocycles. The molecule has 0 bridgehead atoms. The molecule has 0 radical (unpaired) electrons. The van der Waals surface area contributed by atoms with E-state index in [1.54, 1.807) is 7.11 Å². The van der Waals surface area contributed by atoms with Crippen molar-refractivity contribution in [3.8, 4) is 5.75 Å². The quantitative estimate of drug-likeness (QED) is 0.643. The van der Waals surface area contributed by atoms with Crippen LogP contribution in [0, 0.1) is 0 Å². The van der Waals surface area contributed by atoms with Gasteiger partial charge in [0.25, 0.3) is 0 Å². The first-order valence-corrected chi connectivity index (χ1v) is 7.11. The standard InChI is InChI=1S/C15H27N3O2/c1-4-10-20-15-12-13(5-6-14(15)16)17-7-8-18(2)9-11-19-3/h5-6,12,17H,4,7-11,16H2,1-3H3. The van der Waals surface area contributed by atoms with E-state index in [0.717, 1.165) is 44.1 Å². The Morgan fingerprint density at radius 2 is 2.05 bits per heavy atom. The monoisotopic (exact) mass is 281 g/mol. The third kappa shape index (κ3) is 6.12. The van der Waals surface area contributed by atoms with Crippen LogP contribution in [-0.2, 0) is 4.74 Å². The summed E-state index contributed by atoms with van der Waals surface area (Å²) >= 11 is 0. The molecule has 1 aromatic rings. The maximum Gasteiger partial charge on any atom is 0.144 e. The van der Waals surface area contributed by atoms with Crippen molar-refractivity contribution in [2.45, 2.75) is 13.3 Å². The molecule has 0 heterocycles. The van der Waals surface area contributed by atoms with Gasteiger partial charge in [-0.2, -0.15) is 0 Å². The fourth-order valence-corrected chi connectivity index (χ4v) is 1.73. The van der Waals surface area contributed by atoms with Crippen molar-refractivity contribution < 1.29 is 9.47 Å². The summed E-state index contributed by atoms with van der Waals surface area (Å²) < 4.78 is 10.7. The largest absolute Gasteiger partial charge is 0.491 e. The number of nitrogen functional groups attached to an aromatic ring is 1. The summed E-state index contributed by atoms with van der Waals surface area (Å²) in [6.45, 7) is 6.29. The molecule has 0 spiro atoms. The number of methoxy groups -OCH3 is 1. The molecule has 0 saturated carbocycles. The number of hydrogen-bond donors (Lipinski definition) is 2. The summed E-state index contributed by atoms with van der Waals surface area (Å²) in [7, 11) is 3.80. The molecular formula is C15H27N3O2. The molecule has 0 aliphatic rings. The highest BCUT2D eigenvalue weighted by Crippen LogP contribution is 2.25. The van der Waals surface area contributed by atoms with Gasteiger partial charge < -0.3 is 25.4 Å². The average Bonchev–Trinajstić information content (AvgIpc) is 2.45. The predicted molar refractivity (Wildman–Crippen MR) is 84.5 cm³/mol. The van der Waals surface area contributed by atoms with Crippen molar-refractivity contribution in [3.63, 3.8) is 0 Å².